The van der Waals surface area contributed by atoms with Crippen molar-refractivity contribution in [2.24, 2.45) is 0 Å². The predicted molar refractivity (Wildman–Crippen MR) is 138 cm³/mol. The molecule has 0 atom stereocenters. The Morgan fingerprint density at radius 3 is 1.35 bits per heavy atom. The Bertz CT molecular complexity index is 425. The van der Waals surface area contributed by atoms with Crippen LogP contribution in [0, 0.1) is 0 Å². The molecule has 0 unspecified atom stereocenters. The quantitative estimate of drug-likeness (QED) is 0.124. The smallest absolute Gasteiger partial charge is 0.248 e. The fourth-order valence-corrected chi connectivity index (χ4v) is 4.72. The van der Waals surface area contributed by atoms with Crippen LogP contribution in [-0.4, -0.2) is 4.98 Å². The Balaban J connectivity index is 1.91. The molecule has 182 valence electrons. The minimum Gasteiger partial charge on any atom is -0.248 e. The SMILES string of the molecule is CCCCCCCCCCCCCc1[nH]cc[n+]1CCCCCCCCCCCCC. The van der Waals surface area contributed by atoms with Gasteiger partial charge in [0.25, 0.3) is 5.82 Å². The predicted octanol–water partition coefficient (Wildman–Crippen LogP) is 9.47. The van der Waals surface area contributed by atoms with E-state index >= 15 is 0 Å². The zero-order valence-corrected chi connectivity index (χ0v) is 21.6. The highest BCUT2D eigenvalue weighted by atomic mass is 15.1. The number of H-pyrrole nitrogens is 1. The molecule has 0 fully saturated rings. The van der Waals surface area contributed by atoms with Crippen LogP contribution in [0.3, 0.4) is 0 Å². The van der Waals surface area contributed by atoms with Crippen LogP contribution in [0.4, 0.5) is 0 Å². The first-order chi connectivity index (χ1) is 15.4. The summed E-state index contributed by atoms with van der Waals surface area (Å²) >= 11 is 0. The highest BCUT2D eigenvalue weighted by molar-refractivity contribution is 4.77. The molecule has 2 nitrogen and oxygen atoms in total. The van der Waals surface area contributed by atoms with Gasteiger partial charge in [0, 0.05) is 6.42 Å². The van der Waals surface area contributed by atoms with E-state index in [4.69, 9.17) is 0 Å². The van der Waals surface area contributed by atoms with Gasteiger partial charge >= 0.3 is 0 Å². The summed E-state index contributed by atoms with van der Waals surface area (Å²) in [6.07, 6.45) is 36.9. The van der Waals surface area contributed by atoms with Crippen LogP contribution in [0.1, 0.15) is 161 Å². The number of aromatic amines is 1. The molecule has 1 N–H and O–H groups in total. The van der Waals surface area contributed by atoms with Crippen LogP contribution in [0.15, 0.2) is 12.4 Å². The third-order valence-corrected chi connectivity index (χ3v) is 6.87. The number of rotatable bonds is 24. The lowest BCUT2D eigenvalue weighted by atomic mass is 10.1. The number of aryl methyl sites for hydroxylation is 2. The van der Waals surface area contributed by atoms with Crippen molar-refractivity contribution in [3.63, 3.8) is 0 Å². The van der Waals surface area contributed by atoms with Gasteiger partial charge in [-0.2, -0.15) is 0 Å². The lowest BCUT2D eigenvalue weighted by molar-refractivity contribution is -0.703. The molecule has 0 saturated heterocycles. The van der Waals surface area contributed by atoms with Gasteiger partial charge in [0.15, 0.2) is 0 Å². The van der Waals surface area contributed by atoms with E-state index in [1.54, 1.807) is 0 Å². The van der Waals surface area contributed by atoms with Gasteiger partial charge in [-0.15, -0.1) is 0 Å². The fourth-order valence-electron chi connectivity index (χ4n) is 4.72. The van der Waals surface area contributed by atoms with Crippen molar-refractivity contribution in [1.82, 2.24) is 4.98 Å². The lowest BCUT2D eigenvalue weighted by Crippen LogP contribution is -2.36. The molecule has 1 rings (SSSR count). The van der Waals surface area contributed by atoms with Crippen LogP contribution in [-0.2, 0) is 13.0 Å². The number of nitrogens with one attached hydrogen (secondary N) is 1. The van der Waals surface area contributed by atoms with E-state index in [0.717, 1.165) is 0 Å². The topological polar surface area (TPSA) is 19.7 Å². The Labute approximate surface area is 196 Å². The Hall–Kier alpha value is -0.790. The average molecular weight is 434 g/mol. The minimum absolute atomic E-state index is 1.20. The molecule has 0 aliphatic carbocycles. The molecule has 31 heavy (non-hydrogen) atoms. The molecule has 0 aliphatic rings. The maximum absolute atomic E-state index is 3.49. The van der Waals surface area contributed by atoms with Gasteiger partial charge in [-0.25, -0.2) is 9.55 Å². The zero-order chi connectivity index (χ0) is 22.2. The highest BCUT2D eigenvalue weighted by Crippen LogP contribution is 2.13. The van der Waals surface area contributed by atoms with Gasteiger partial charge in [-0.3, -0.25) is 0 Å². The van der Waals surface area contributed by atoms with Gasteiger partial charge in [-0.05, 0) is 19.3 Å². The third-order valence-electron chi connectivity index (χ3n) is 6.87. The van der Waals surface area contributed by atoms with Crippen LogP contribution in [0.2, 0.25) is 0 Å². The Kier molecular flexibility index (Phi) is 20.4. The second kappa shape index (κ2) is 22.4. The van der Waals surface area contributed by atoms with Crippen LogP contribution in [0.5, 0.6) is 0 Å². The third kappa shape index (κ3) is 17.4. The fraction of sp³-hybridized carbons (Fsp3) is 0.897. The summed E-state index contributed by atoms with van der Waals surface area (Å²) in [6, 6.07) is 0. The van der Waals surface area contributed by atoms with Crippen molar-refractivity contribution in [2.75, 3.05) is 0 Å². The molecule has 1 aromatic rings. The first-order valence-corrected chi connectivity index (χ1v) is 14.4. The standard InChI is InChI=1S/C29H56N2/c1-3-5-7-9-11-13-15-17-19-21-23-25-29-30-26-28-31(29)27-24-22-20-18-16-14-12-10-8-6-4-2/h26,28H,3-25,27H2,1-2H3/p+1. The van der Waals surface area contributed by atoms with Gasteiger partial charge < -0.3 is 0 Å². The molecule has 0 radical (unpaired) electrons. The number of imidazole rings is 1. The van der Waals surface area contributed by atoms with Crippen LogP contribution in [0.25, 0.3) is 0 Å². The summed E-state index contributed by atoms with van der Waals surface area (Å²) in [5, 5.41) is 0. The first-order valence-electron chi connectivity index (χ1n) is 14.4. The summed E-state index contributed by atoms with van der Waals surface area (Å²) in [7, 11) is 0. The van der Waals surface area contributed by atoms with E-state index in [-0.39, 0.29) is 0 Å². The monoisotopic (exact) mass is 433 g/mol. The highest BCUT2D eigenvalue weighted by Gasteiger charge is 2.09. The molecule has 1 aromatic heterocycles. The zero-order valence-electron chi connectivity index (χ0n) is 21.6. The summed E-state index contributed by atoms with van der Waals surface area (Å²) in [4.78, 5) is 3.49. The normalized spacial score (nSPS) is 11.4. The van der Waals surface area contributed by atoms with Crippen molar-refractivity contribution in [1.29, 1.82) is 0 Å². The molecular weight excluding hydrogens is 376 g/mol. The Morgan fingerprint density at radius 1 is 0.516 bits per heavy atom. The van der Waals surface area contributed by atoms with E-state index in [1.807, 2.05) is 0 Å². The van der Waals surface area contributed by atoms with E-state index in [1.165, 1.54) is 160 Å². The van der Waals surface area contributed by atoms with Crippen molar-refractivity contribution in [3.8, 4) is 0 Å². The minimum atomic E-state index is 1.20. The number of aromatic nitrogens is 2. The van der Waals surface area contributed by atoms with Crippen molar-refractivity contribution in [3.05, 3.63) is 18.2 Å². The second-order valence-corrected chi connectivity index (χ2v) is 9.92. The van der Waals surface area contributed by atoms with Gasteiger partial charge in [0.2, 0.25) is 0 Å². The number of hydrogen-bond donors (Lipinski definition) is 1. The van der Waals surface area contributed by atoms with E-state index in [2.05, 4.69) is 35.8 Å². The van der Waals surface area contributed by atoms with Crippen molar-refractivity contribution < 1.29 is 4.57 Å². The Morgan fingerprint density at radius 2 is 0.903 bits per heavy atom. The maximum Gasteiger partial charge on any atom is 0.254 e. The number of nitrogens with zero attached hydrogens (tertiary/aromatic N) is 1. The van der Waals surface area contributed by atoms with Crippen molar-refractivity contribution in [2.45, 2.75) is 168 Å². The summed E-state index contributed by atoms with van der Waals surface area (Å²) in [5.41, 5.74) is 0. The number of unbranched alkanes of at least 4 members (excludes halogenated alkanes) is 20. The largest absolute Gasteiger partial charge is 0.254 e. The molecule has 0 aromatic carbocycles. The molecule has 2 heteroatoms. The van der Waals surface area contributed by atoms with E-state index in [0.29, 0.717) is 0 Å². The van der Waals surface area contributed by atoms with E-state index < -0.39 is 0 Å². The van der Waals surface area contributed by atoms with Gasteiger partial charge in [0.1, 0.15) is 12.4 Å². The molecule has 0 spiro atoms. The molecule has 0 saturated carbocycles. The molecular formula is C29H57N2+. The van der Waals surface area contributed by atoms with Crippen LogP contribution < -0.4 is 4.57 Å². The summed E-state index contributed by atoms with van der Waals surface area (Å²) in [6.45, 7) is 5.80. The van der Waals surface area contributed by atoms with E-state index in [9.17, 15) is 0 Å². The maximum atomic E-state index is 3.49. The number of hydrogen-bond acceptors (Lipinski definition) is 0. The van der Waals surface area contributed by atoms with Crippen molar-refractivity contribution >= 4 is 0 Å². The van der Waals surface area contributed by atoms with Gasteiger partial charge in [0.05, 0.1) is 6.54 Å². The molecule has 0 aliphatic heterocycles. The summed E-state index contributed by atoms with van der Waals surface area (Å²) < 4.78 is 2.48. The molecule has 0 amide bonds. The van der Waals surface area contributed by atoms with Gasteiger partial charge in [-0.1, -0.05) is 136 Å². The lowest BCUT2D eigenvalue weighted by Gasteiger charge is -2.04. The molecule has 0 bridgehead atoms. The second-order valence-electron chi connectivity index (χ2n) is 9.92. The average Bonchev–Trinajstić information content (AvgIpc) is 3.23. The summed E-state index contributed by atoms with van der Waals surface area (Å²) in [5.74, 6) is 1.45. The molecule has 1 heterocycles. The first kappa shape index (κ1) is 28.2. The van der Waals surface area contributed by atoms with Crippen LogP contribution >= 0.6 is 0 Å².